The van der Waals surface area contributed by atoms with Crippen molar-refractivity contribution in [3.05, 3.63) is 48.5 Å². The topological polar surface area (TPSA) is 133 Å². The van der Waals surface area contributed by atoms with E-state index in [1.165, 1.54) is 18.9 Å². The number of methoxy groups -OCH3 is 1. The number of carbonyl (C=O) groups excluding carboxylic acids is 1. The number of ether oxygens (including phenoxy) is 1. The van der Waals surface area contributed by atoms with Crippen LogP contribution in [0, 0.1) is 0 Å². The van der Waals surface area contributed by atoms with Crippen LogP contribution in [-0.2, 0) is 29.4 Å². The Morgan fingerprint density at radius 2 is 1.76 bits per heavy atom. The number of alkyl halides is 3. The van der Waals surface area contributed by atoms with E-state index < -0.39 is 52.9 Å². The quantitative estimate of drug-likeness (QED) is 0.356. The number of primary sulfonamides is 1. The summed E-state index contributed by atoms with van der Waals surface area (Å²) in [6, 6.07) is 10.5. The van der Waals surface area contributed by atoms with Gasteiger partial charge in [-0.05, 0) is 36.8 Å². The van der Waals surface area contributed by atoms with Crippen LogP contribution in [0.5, 0.6) is 0 Å². The average molecular weight is 527 g/mol. The molecule has 0 aliphatic heterocycles. The van der Waals surface area contributed by atoms with Gasteiger partial charge in [-0.1, -0.05) is 18.2 Å². The van der Waals surface area contributed by atoms with Crippen LogP contribution >= 0.6 is 11.8 Å². The van der Waals surface area contributed by atoms with E-state index in [0.29, 0.717) is 6.07 Å². The largest absolute Gasteiger partial charge is 0.501 e. The molecule has 2 rings (SSSR count). The van der Waals surface area contributed by atoms with E-state index in [-0.39, 0.29) is 18.6 Å². The smallest absolute Gasteiger partial charge is 0.469 e. The Hall–Kier alpha value is -2.29. The molecule has 14 heteroatoms. The molecule has 0 aliphatic rings. The summed E-state index contributed by atoms with van der Waals surface area (Å²) in [5.74, 6) is -0.303. The average Bonchev–Trinajstić information content (AvgIpc) is 2.74. The Morgan fingerprint density at radius 3 is 2.30 bits per heavy atom. The van der Waals surface area contributed by atoms with Gasteiger partial charge in [0.2, 0.25) is 10.0 Å². The number of nitrogens with one attached hydrogen (secondary N) is 1. The van der Waals surface area contributed by atoms with Crippen molar-refractivity contribution in [2.24, 2.45) is 5.14 Å². The van der Waals surface area contributed by atoms with Gasteiger partial charge >= 0.3 is 11.5 Å². The van der Waals surface area contributed by atoms with Crippen molar-refractivity contribution in [2.75, 3.05) is 18.2 Å². The van der Waals surface area contributed by atoms with Gasteiger partial charge in [0.15, 0.2) is 0 Å². The van der Waals surface area contributed by atoms with Crippen LogP contribution in [0.2, 0.25) is 0 Å². The summed E-state index contributed by atoms with van der Waals surface area (Å²) in [4.78, 5) is 10.3. The van der Waals surface area contributed by atoms with Crippen LogP contribution in [0.1, 0.15) is 12.8 Å². The molecule has 8 nitrogen and oxygen atoms in total. The number of hydrogen-bond donors (Lipinski definition) is 2. The summed E-state index contributed by atoms with van der Waals surface area (Å²) in [6.07, 6.45) is 0.0229. The molecule has 0 spiro atoms. The van der Waals surface area contributed by atoms with E-state index in [2.05, 4.69) is 10.1 Å². The summed E-state index contributed by atoms with van der Waals surface area (Å²) >= 11 is 1.33. The van der Waals surface area contributed by atoms with Crippen LogP contribution in [0.15, 0.2) is 63.2 Å². The molecule has 3 N–H and O–H groups in total. The number of hydrogen-bond acceptors (Lipinski definition) is 8. The highest BCUT2D eigenvalue weighted by molar-refractivity contribution is 7.99. The molecule has 182 valence electrons. The lowest BCUT2D eigenvalue weighted by Crippen LogP contribution is -2.28. The third-order valence-electron chi connectivity index (χ3n) is 4.35. The van der Waals surface area contributed by atoms with Gasteiger partial charge in [0.25, 0.3) is 9.84 Å². The fourth-order valence-corrected chi connectivity index (χ4v) is 5.23. The molecule has 0 saturated carbocycles. The number of halogens is 3. The molecule has 1 atom stereocenters. The first-order valence-electron chi connectivity index (χ1n) is 9.25. The molecule has 0 fully saturated rings. The van der Waals surface area contributed by atoms with Crippen molar-refractivity contribution in [1.29, 1.82) is 0 Å². The number of sulfone groups is 1. The Balaban J connectivity index is 2.44. The third-order valence-corrected chi connectivity index (χ3v) is 7.97. The van der Waals surface area contributed by atoms with Crippen molar-refractivity contribution in [1.82, 2.24) is 0 Å². The van der Waals surface area contributed by atoms with Crippen LogP contribution < -0.4 is 10.5 Å². The second kappa shape index (κ2) is 10.8. The number of rotatable bonds is 10. The molecule has 0 aromatic heterocycles. The first-order chi connectivity index (χ1) is 15.3. The van der Waals surface area contributed by atoms with Crippen molar-refractivity contribution >= 4 is 43.3 Å². The number of benzene rings is 2. The predicted molar refractivity (Wildman–Crippen MR) is 117 cm³/mol. The van der Waals surface area contributed by atoms with Gasteiger partial charge in [0, 0.05) is 23.1 Å². The van der Waals surface area contributed by atoms with Crippen molar-refractivity contribution in [2.45, 2.75) is 39.1 Å². The summed E-state index contributed by atoms with van der Waals surface area (Å²) in [5, 5.41) is 7.67. The highest BCUT2D eigenvalue weighted by Crippen LogP contribution is 2.36. The van der Waals surface area contributed by atoms with E-state index in [1.807, 2.05) is 12.1 Å². The molecule has 33 heavy (non-hydrogen) atoms. The zero-order valence-corrected chi connectivity index (χ0v) is 19.7. The number of thioether (sulfide) groups is 1. The molecular formula is C19H21F3N2O6S3. The zero-order chi connectivity index (χ0) is 24.9. The molecule has 0 heterocycles. The van der Waals surface area contributed by atoms with Gasteiger partial charge < -0.3 is 10.1 Å². The minimum Gasteiger partial charge on any atom is -0.469 e. The lowest BCUT2D eigenvalue weighted by Gasteiger charge is -2.22. The number of nitrogens with two attached hydrogens (primary N) is 1. The second-order valence-electron chi connectivity index (χ2n) is 6.73. The van der Waals surface area contributed by atoms with Gasteiger partial charge in [0.05, 0.1) is 17.7 Å². The molecular weight excluding hydrogens is 505 g/mol. The Bertz CT molecular complexity index is 1190. The summed E-state index contributed by atoms with van der Waals surface area (Å²) in [7, 11) is -9.21. The Labute approximate surface area is 193 Å². The number of carbonyl (C=O) groups is 1. The van der Waals surface area contributed by atoms with Crippen LogP contribution in [-0.4, -0.2) is 47.2 Å². The van der Waals surface area contributed by atoms with E-state index in [1.54, 1.807) is 18.2 Å². The number of esters is 1. The van der Waals surface area contributed by atoms with E-state index in [0.717, 1.165) is 17.0 Å². The first kappa shape index (κ1) is 27.0. The summed E-state index contributed by atoms with van der Waals surface area (Å²) in [5.41, 5.74) is -6.15. The predicted octanol–water partition coefficient (Wildman–Crippen LogP) is 3.15. The molecule has 0 saturated heterocycles. The fourth-order valence-electron chi connectivity index (χ4n) is 2.67. The summed E-state index contributed by atoms with van der Waals surface area (Å²) in [6.45, 7) is 0. The molecule has 0 amide bonds. The van der Waals surface area contributed by atoms with Crippen molar-refractivity contribution in [3.8, 4) is 0 Å². The number of anilines is 1. The maximum atomic E-state index is 13.3. The highest BCUT2D eigenvalue weighted by atomic mass is 32.2. The molecule has 2 aromatic rings. The van der Waals surface area contributed by atoms with Crippen LogP contribution in [0.25, 0.3) is 0 Å². The normalized spacial score (nSPS) is 13.4. The van der Waals surface area contributed by atoms with Gasteiger partial charge in [-0.3, -0.25) is 4.79 Å². The summed E-state index contributed by atoms with van der Waals surface area (Å²) < 4.78 is 91.9. The van der Waals surface area contributed by atoms with Crippen molar-refractivity contribution < 1.29 is 39.5 Å². The standard InChI is InChI=1S/C19H21F3N2O6S3/c1-30-18(25)10-7-13(12-31-14-5-3-2-4-6-14)24-16-9-8-15(33(23,28)29)11-17(16)32(26,27)19(20,21)22/h2-6,8-9,11,13,24H,7,10,12H2,1H3,(H2,23,28,29)/t13-/m1/s1. The molecule has 0 unspecified atom stereocenters. The molecule has 0 bridgehead atoms. The number of sulfonamides is 1. The van der Waals surface area contributed by atoms with E-state index >= 15 is 0 Å². The maximum absolute atomic E-state index is 13.3. The maximum Gasteiger partial charge on any atom is 0.501 e. The van der Waals surface area contributed by atoms with Gasteiger partial charge in [-0.15, -0.1) is 11.8 Å². The van der Waals surface area contributed by atoms with Crippen LogP contribution in [0.3, 0.4) is 0 Å². The lowest BCUT2D eigenvalue weighted by molar-refractivity contribution is -0.140. The van der Waals surface area contributed by atoms with Crippen molar-refractivity contribution in [3.63, 3.8) is 0 Å². The first-order valence-corrected chi connectivity index (χ1v) is 13.3. The van der Waals surface area contributed by atoms with E-state index in [9.17, 15) is 34.8 Å². The van der Waals surface area contributed by atoms with Gasteiger partial charge in [0.1, 0.15) is 4.90 Å². The zero-order valence-electron chi connectivity index (χ0n) is 17.2. The SMILES string of the molecule is COC(=O)CC[C@H](CSc1ccccc1)Nc1ccc(S(N)(=O)=O)cc1S(=O)(=O)C(F)(F)F. The molecule has 0 radical (unpaired) electrons. The van der Waals surface area contributed by atoms with Crippen LogP contribution in [0.4, 0.5) is 18.9 Å². The monoisotopic (exact) mass is 526 g/mol. The molecule has 2 aromatic carbocycles. The Morgan fingerprint density at radius 1 is 1.12 bits per heavy atom. The highest BCUT2D eigenvalue weighted by Gasteiger charge is 2.48. The van der Waals surface area contributed by atoms with Gasteiger partial charge in [-0.25, -0.2) is 22.0 Å². The minimum atomic E-state index is -5.92. The van der Waals surface area contributed by atoms with E-state index in [4.69, 9.17) is 5.14 Å². The lowest BCUT2D eigenvalue weighted by atomic mass is 10.1. The van der Waals surface area contributed by atoms with Gasteiger partial charge in [-0.2, -0.15) is 13.2 Å². The second-order valence-corrected chi connectivity index (χ2v) is 11.3. The molecule has 0 aliphatic carbocycles. The minimum absolute atomic E-state index is 0.0832. The third kappa shape index (κ3) is 7.35. The fraction of sp³-hybridized carbons (Fsp3) is 0.316. The Kier molecular flexibility index (Phi) is 8.79.